The van der Waals surface area contributed by atoms with Gasteiger partial charge in [0.2, 0.25) is 17.8 Å². The van der Waals surface area contributed by atoms with Crippen LogP contribution >= 0.6 is 0 Å². The van der Waals surface area contributed by atoms with Crippen LogP contribution in [0.1, 0.15) is 49.6 Å². The summed E-state index contributed by atoms with van der Waals surface area (Å²) in [5.41, 5.74) is 3.36. The number of carbonyl (C=O) groups is 1. The van der Waals surface area contributed by atoms with Crippen molar-refractivity contribution in [2.45, 2.75) is 57.6 Å². The van der Waals surface area contributed by atoms with E-state index in [9.17, 15) is 14.3 Å². The van der Waals surface area contributed by atoms with Crippen LogP contribution in [0.5, 0.6) is 0 Å². The lowest BCUT2D eigenvalue weighted by Gasteiger charge is -2.26. The number of nitrogens with zero attached hydrogens (tertiary/aromatic N) is 5. The van der Waals surface area contributed by atoms with Crippen molar-refractivity contribution >= 4 is 29.2 Å². The minimum atomic E-state index is -0.887. The number of hydrogen-bond donors (Lipinski definition) is 4. The number of rotatable bonds is 6. The molecule has 10 nitrogen and oxygen atoms in total. The van der Waals surface area contributed by atoms with Gasteiger partial charge in [0.25, 0.3) is 0 Å². The molecule has 0 spiro atoms. The number of aromatic nitrogens is 5. The highest BCUT2D eigenvalue weighted by atomic mass is 19.1. The Bertz CT molecular complexity index is 1200. The van der Waals surface area contributed by atoms with E-state index in [0.717, 1.165) is 36.2 Å². The Labute approximate surface area is 196 Å². The number of pyridine rings is 1. The van der Waals surface area contributed by atoms with Crippen molar-refractivity contribution in [3.63, 3.8) is 0 Å². The number of aliphatic hydroxyl groups is 1. The second-order valence-electron chi connectivity index (χ2n) is 8.99. The van der Waals surface area contributed by atoms with Gasteiger partial charge in [0, 0.05) is 23.9 Å². The standard InChI is InChI=1S/C23H27FN8O2/c1-12(2)16-10-19(31-30-16)28-21-14-4-3-5-15(14)27-23(29-21)32-9-8-17(33)20(32)22(34)26-13-6-7-18(24)25-11-13/h6-7,10-12,17,20,33H,3-5,8-9H2,1-2H3,(H,26,34)(H2,27,28,29,30,31). The summed E-state index contributed by atoms with van der Waals surface area (Å²) in [7, 11) is 0. The van der Waals surface area contributed by atoms with E-state index in [1.165, 1.54) is 18.3 Å². The number of amides is 1. The Balaban J connectivity index is 1.43. The number of aromatic amines is 1. The third kappa shape index (κ3) is 4.30. The Hall–Kier alpha value is -3.60. The summed E-state index contributed by atoms with van der Waals surface area (Å²) >= 11 is 0. The molecule has 178 valence electrons. The van der Waals surface area contributed by atoms with Gasteiger partial charge in [-0.1, -0.05) is 13.8 Å². The zero-order valence-corrected chi connectivity index (χ0v) is 19.0. The lowest BCUT2D eigenvalue weighted by atomic mass is 10.1. The number of aryl methyl sites for hydroxylation is 1. The SMILES string of the molecule is CC(C)c1cc(Nc2nc(N3CCC(O)C3C(=O)Nc3ccc(F)nc3)nc3c2CCC3)n[nH]1. The lowest BCUT2D eigenvalue weighted by molar-refractivity contribution is -0.119. The smallest absolute Gasteiger partial charge is 0.249 e. The van der Waals surface area contributed by atoms with Crippen LogP contribution in [-0.2, 0) is 17.6 Å². The topological polar surface area (TPSA) is 132 Å². The second kappa shape index (κ2) is 8.98. The highest BCUT2D eigenvalue weighted by Crippen LogP contribution is 2.33. The van der Waals surface area contributed by atoms with Gasteiger partial charge in [-0.3, -0.25) is 9.89 Å². The number of aliphatic hydroxyl groups excluding tert-OH is 1. The molecule has 5 rings (SSSR count). The lowest BCUT2D eigenvalue weighted by Crippen LogP contribution is -2.46. The molecule has 0 radical (unpaired) electrons. The first-order chi connectivity index (χ1) is 16.4. The fraction of sp³-hybridized carbons (Fsp3) is 0.435. The average molecular weight is 467 g/mol. The molecule has 4 heterocycles. The molecule has 2 aliphatic rings. The molecule has 2 atom stereocenters. The number of fused-ring (bicyclic) bond motifs is 1. The maximum absolute atomic E-state index is 13.1. The number of nitrogens with one attached hydrogen (secondary N) is 3. The van der Waals surface area contributed by atoms with E-state index in [1.807, 2.05) is 6.07 Å². The third-order valence-electron chi connectivity index (χ3n) is 6.27. The van der Waals surface area contributed by atoms with E-state index in [-0.39, 0.29) is 0 Å². The predicted octanol–water partition coefficient (Wildman–Crippen LogP) is 2.67. The molecule has 3 aromatic rings. The molecule has 1 aliphatic carbocycles. The number of halogens is 1. The van der Waals surface area contributed by atoms with Gasteiger partial charge >= 0.3 is 0 Å². The Morgan fingerprint density at radius 1 is 1.29 bits per heavy atom. The minimum Gasteiger partial charge on any atom is -0.390 e. The van der Waals surface area contributed by atoms with Crippen LogP contribution in [0.2, 0.25) is 0 Å². The molecule has 4 N–H and O–H groups in total. The first kappa shape index (κ1) is 22.2. The summed E-state index contributed by atoms with van der Waals surface area (Å²) in [6, 6.07) is 3.67. The van der Waals surface area contributed by atoms with Crippen LogP contribution in [0.25, 0.3) is 0 Å². The molecule has 11 heteroatoms. The summed E-state index contributed by atoms with van der Waals surface area (Å²) < 4.78 is 13.1. The summed E-state index contributed by atoms with van der Waals surface area (Å²) in [6.45, 7) is 4.60. The third-order valence-corrected chi connectivity index (χ3v) is 6.27. The highest BCUT2D eigenvalue weighted by Gasteiger charge is 2.40. The van der Waals surface area contributed by atoms with Gasteiger partial charge in [0.05, 0.1) is 23.7 Å². The summed E-state index contributed by atoms with van der Waals surface area (Å²) in [5, 5.41) is 24.0. The van der Waals surface area contributed by atoms with E-state index in [2.05, 4.69) is 39.7 Å². The van der Waals surface area contributed by atoms with E-state index in [1.54, 1.807) is 4.90 Å². The van der Waals surface area contributed by atoms with Crippen molar-refractivity contribution in [1.29, 1.82) is 0 Å². The molecule has 3 aromatic heterocycles. The van der Waals surface area contributed by atoms with Gasteiger partial charge in [0.1, 0.15) is 11.9 Å². The highest BCUT2D eigenvalue weighted by molar-refractivity contribution is 5.97. The van der Waals surface area contributed by atoms with Crippen molar-refractivity contribution in [3.05, 3.63) is 47.3 Å². The van der Waals surface area contributed by atoms with Gasteiger partial charge in [-0.2, -0.15) is 14.5 Å². The van der Waals surface area contributed by atoms with E-state index >= 15 is 0 Å². The fourth-order valence-corrected chi connectivity index (χ4v) is 4.45. The molecule has 0 aromatic carbocycles. The van der Waals surface area contributed by atoms with Crippen molar-refractivity contribution < 1.29 is 14.3 Å². The Morgan fingerprint density at radius 2 is 2.15 bits per heavy atom. The molecule has 0 saturated carbocycles. The normalized spacial score (nSPS) is 19.5. The van der Waals surface area contributed by atoms with Crippen LogP contribution < -0.4 is 15.5 Å². The molecule has 1 fully saturated rings. The van der Waals surface area contributed by atoms with Crippen LogP contribution in [0.4, 0.5) is 27.7 Å². The quantitative estimate of drug-likeness (QED) is 0.408. The number of anilines is 4. The van der Waals surface area contributed by atoms with Crippen molar-refractivity contribution in [1.82, 2.24) is 25.1 Å². The maximum Gasteiger partial charge on any atom is 0.249 e. The zero-order valence-electron chi connectivity index (χ0n) is 19.0. The Kier molecular flexibility index (Phi) is 5.86. The summed E-state index contributed by atoms with van der Waals surface area (Å²) in [4.78, 5) is 27.8. The molecular formula is C23H27FN8O2. The number of H-pyrrole nitrogens is 1. The zero-order chi connectivity index (χ0) is 23.8. The number of carbonyl (C=O) groups excluding carboxylic acids is 1. The van der Waals surface area contributed by atoms with Crippen molar-refractivity contribution in [3.8, 4) is 0 Å². The van der Waals surface area contributed by atoms with Gasteiger partial charge in [-0.25, -0.2) is 9.97 Å². The van der Waals surface area contributed by atoms with Gasteiger partial charge in [0.15, 0.2) is 5.82 Å². The van der Waals surface area contributed by atoms with Crippen LogP contribution in [0.15, 0.2) is 24.4 Å². The summed E-state index contributed by atoms with van der Waals surface area (Å²) in [6.07, 6.45) is 3.42. The summed E-state index contributed by atoms with van der Waals surface area (Å²) in [5.74, 6) is 0.980. The predicted molar refractivity (Wildman–Crippen MR) is 125 cm³/mol. The van der Waals surface area contributed by atoms with Crippen molar-refractivity contribution in [2.24, 2.45) is 0 Å². The van der Waals surface area contributed by atoms with Crippen LogP contribution in [0.3, 0.4) is 0 Å². The second-order valence-corrected chi connectivity index (χ2v) is 8.99. The molecule has 0 bridgehead atoms. The van der Waals surface area contributed by atoms with Gasteiger partial charge in [-0.15, -0.1) is 0 Å². The van der Waals surface area contributed by atoms with Crippen LogP contribution in [-0.4, -0.2) is 54.9 Å². The monoisotopic (exact) mass is 466 g/mol. The Morgan fingerprint density at radius 3 is 2.88 bits per heavy atom. The molecule has 2 unspecified atom stereocenters. The molecule has 34 heavy (non-hydrogen) atoms. The van der Waals surface area contributed by atoms with Crippen molar-refractivity contribution in [2.75, 3.05) is 22.1 Å². The fourth-order valence-electron chi connectivity index (χ4n) is 4.45. The average Bonchev–Trinajstić information content (AvgIpc) is 3.54. The van der Waals surface area contributed by atoms with E-state index in [0.29, 0.717) is 42.2 Å². The maximum atomic E-state index is 13.1. The number of hydrogen-bond acceptors (Lipinski definition) is 8. The van der Waals surface area contributed by atoms with Crippen LogP contribution in [0, 0.1) is 5.95 Å². The molecule has 1 saturated heterocycles. The van der Waals surface area contributed by atoms with Gasteiger partial charge < -0.3 is 20.6 Å². The molecule has 1 aliphatic heterocycles. The largest absolute Gasteiger partial charge is 0.390 e. The molecular weight excluding hydrogens is 439 g/mol. The minimum absolute atomic E-state index is 0.316. The van der Waals surface area contributed by atoms with Gasteiger partial charge in [-0.05, 0) is 43.7 Å². The first-order valence-electron chi connectivity index (χ1n) is 11.5. The molecule has 1 amide bonds. The van der Waals surface area contributed by atoms with E-state index < -0.39 is 24.0 Å². The van der Waals surface area contributed by atoms with E-state index in [4.69, 9.17) is 9.97 Å². The first-order valence-corrected chi connectivity index (χ1v) is 11.5.